The van der Waals surface area contributed by atoms with Gasteiger partial charge in [0.15, 0.2) is 17.2 Å². The number of para-hydroxylation sites is 1. The zero-order chi connectivity index (χ0) is 26.0. The summed E-state index contributed by atoms with van der Waals surface area (Å²) in [5, 5.41) is -0.313. The van der Waals surface area contributed by atoms with Crippen molar-refractivity contribution < 1.29 is 9.59 Å². The normalized spacial score (nSPS) is 13.1. The summed E-state index contributed by atoms with van der Waals surface area (Å²) in [6, 6.07) is 21.3. The molecule has 5 aromatic rings. The Balaban J connectivity index is 1.59. The second-order valence-electron chi connectivity index (χ2n) is 8.53. The first-order chi connectivity index (χ1) is 17.8. The van der Waals surface area contributed by atoms with Crippen LogP contribution in [0.25, 0.3) is 34.3 Å². The molecule has 182 valence electrons. The summed E-state index contributed by atoms with van der Waals surface area (Å²) in [7, 11) is 1.93. The molecule has 1 aliphatic rings. The van der Waals surface area contributed by atoms with Crippen LogP contribution >= 0.6 is 46.4 Å². The van der Waals surface area contributed by atoms with Crippen molar-refractivity contribution >= 4 is 75.2 Å². The van der Waals surface area contributed by atoms with Gasteiger partial charge in [-0.3, -0.25) is 14.2 Å². The number of halogens is 4. The highest BCUT2D eigenvalue weighted by atomic mass is 35.5. The summed E-state index contributed by atoms with van der Waals surface area (Å²) in [5.74, 6) is -0.334. The number of aryl methyl sites for hydroxylation is 1. The maximum atomic E-state index is 13.4. The zero-order valence-corrected chi connectivity index (χ0v) is 22.1. The number of benzene rings is 3. The molecule has 0 radical (unpaired) electrons. The number of allylic oxidation sites excluding steroid dienone is 1. The van der Waals surface area contributed by atoms with Gasteiger partial charge in [-0.05, 0) is 24.3 Å². The predicted octanol–water partition coefficient (Wildman–Crippen LogP) is 8.11. The molecule has 0 amide bonds. The minimum Gasteiger partial charge on any atom is -0.326 e. The Labute approximate surface area is 231 Å². The molecule has 0 saturated carbocycles. The molecule has 2 aromatic heterocycles. The molecule has 0 spiro atoms. The molecule has 0 bridgehead atoms. The third kappa shape index (κ3) is 3.57. The van der Waals surface area contributed by atoms with Crippen LogP contribution in [-0.4, -0.2) is 25.7 Å². The topological polar surface area (TPSA) is 56.9 Å². The van der Waals surface area contributed by atoms with E-state index in [0.717, 1.165) is 22.6 Å². The number of rotatable bonds is 3. The number of fused-ring (bicyclic) bond motifs is 2. The molecule has 0 unspecified atom stereocenters. The van der Waals surface area contributed by atoms with E-state index >= 15 is 0 Å². The predicted molar refractivity (Wildman–Crippen MR) is 149 cm³/mol. The number of Topliss-reactive ketones (excluding diaryl/α,β-unsaturated/α-hetero) is 2. The van der Waals surface area contributed by atoms with E-state index in [4.69, 9.17) is 51.4 Å². The Kier molecular flexibility index (Phi) is 5.77. The van der Waals surface area contributed by atoms with Gasteiger partial charge in [-0.25, -0.2) is 4.98 Å². The average Bonchev–Trinajstić information content (AvgIpc) is 3.51. The number of carbonyl (C=O) groups excluding carboxylic acids is 2. The van der Waals surface area contributed by atoms with E-state index in [9.17, 15) is 9.59 Å². The molecular weight excluding hydrogens is 552 g/mol. The standard InChI is InChI=1S/C28H15Cl4N3O2/c1-34-18-13-16(12-17-25(36)19-20(26(17)37)22(30)24(32)23(31)21(19)29)35(15-10-6-3-7-11-15)28(18)33-27(34)14-8-4-2-5-9-14/h2-13H,1H3. The lowest BCUT2D eigenvalue weighted by Gasteiger charge is -2.08. The lowest BCUT2D eigenvalue weighted by Crippen LogP contribution is -2.03. The van der Waals surface area contributed by atoms with Gasteiger partial charge in [0.05, 0.1) is 48.0 Å². The van der Waals surface area contributed by atoms with Gasteiger partial charge in [-0.2, -0.15) is 0 Å². The highest BCUT2D eigenvalue weighted by Crippen LogP contribution is 2.46. The highest BCUT2D eigenvalue weighted by Gasteiger charge is 2.40. The van der Waals surface area contributed by atoms with E-state index in [-0.39, 0.29) is 36.8 Å². The van der Waals surface area contributed by atoms with Crippen molar-refractivity contribution in [2.24, 2.45) is 7.05 Å². The second kappa shape index (κ2) is 8.89. The Morgan fingerprint density at radius 3 is 1.86 bits per heavy atom. The van der Waals surface area contributed by atoms with Crippen LogP contribution in [0.5, 0.6) is 0 Å². The lowest BCUT2D eigenvalue weighted by molar-refractivity contribution is 0.0990. The molecule has 0 N–H and O–H groups in total. The quantitative estimate of drug-likeness (QED) is 0.0959. The van der Waals surface area contributed by atoms with E-state index in [1.54, 1.807) is 0 Å². The number of hydrogen-bond donors (Lipinski definition) is 0. The Morgan fingerprint density at radius 2 is 1.30 bits per heavy atom. The van der Waals surface area contributed by atoms with Gasteiger partial charge < -0.3 is 4.57 Å². The SMILES string of the molecule is Cn1c(-c2ccccc2)nc2c1cc(C=C1C(=O)c3c(Cl)c(Cl)c(Cl)c(Cl)c3C1=O)n2-c1ccccc1. The van der Waals surface area contributed by atoms with Gasteiger partial charge in [0, 0.05) is 18.3 Å². The van der Waals surface area contributed by atoms with Crippen molar-refractivity contribution in [3.8, 4) is 17.1 Å². The van der Waals surface area contributed by atoms with Crippen LogP contribution in [0, 0.1) is 0 Å². The Hall–Kier alpha value is -3.35. The first-order valence-electron chi connectivity index (χ1n) is 11.2. The zero-order valence-electron chi connectivity index (χ0n) is 19.1. The van der Waals surface area contributed by atoms with Crippen LogP contribution < -0.4 is 0 Å². The molecule has 3 aromatic carbocycles. The molecule has 37 heavy (non-hydrogen) atoms. The van der Waals surface area contributed by atoms with Crippen molar-refractivity contribution in [3.63, 3.8) is 0 Å². The average molecular weight is 567 g/mol. The molecule has 0 atom stereocenters. The van der Waals surface area contributed by atoms with E-state index in [0.29, 0.717) is 11.3 Å². The number of aromatic nitrogens is 3. The number of imidazole rings is 1. The maximum absolute atomic E-state index is 13.4. The number of nitrogens with zero attached hydrogens (tertiary/aromatic N) is 3. The van der Waals surface area contributed by atoms with Crippen molar-refractivity contribution in [2.75, 3.05) is 0 Å². The van der Waals surface area contributed by atoms with Crippen molar-refractivity contribution in [1.29, 1.82) is 0 Å². The first kappa shape index (κ1) is 24.0. The summed E-state index contributed by atoms with van der Waals surface area (Å²) in [4.78, 5) is 31.7. The Morgan fingerprint density at radius 1 is 0.757 bits per heavy atom. The molecule has 0 aliphatic heterocycles. The summed E-state index contributed by atoms with van der Waals surface area (Å²) >= 11 is 25.0. The van der Waals surface area contributed by atoms with Crippen LogP contribution in [-0.2, 0) is 7.05 Å². The smallest absolute Gasteiger partial charge is 0.199 e. The molecule has 5 nitrogen and oxygen atoms in total. The molecule has 2 heterocycles. The van der Waals surface area contributed by atoms with Crippen LogP contribution in [0.4, 0.5) is 0 Å². The van der Waals surface area contributed by atoms with Gasteiger partial charge >= 0.3 is 0 Å². The molecule has 1 aliphatic carbocycles. The first-order valence-corrected chi connectivity index (χ1v) is 12.7. The highest BCUT2D eigenvalue weighted by molar-refractivity contribution is 6.57. The third-order valence-electron chi connectivity index (χ3n) is 6.42. The van der Waals surface area contributed by atoms with Crippen LogP contribution in [0.1, 0.15) is 26.4 Å². The lowest BCUT2D eigenvalue weighted by atomic mass is 10.1. The van der Waals surface area contributed by atoms with E-state index in [2.05, 4.69) is 0 Å². The van der Waals surface area contributed by atoms with Crippen LogP contribution in [0.2, 0.25) is 20.1 Å². The second-order valence-corrected chi connectivity index (χ2v) is 10.0. The number of hydrogen-bond acceptors (Lipinski definition) is 3. The summed E-state index contributed by atoms with van der Waals surface area (Å²) < 4.78 is 3.88. The minimum absolute atomic E-state index is 0.0378. The fourth-order valence-electron chi connectivity index (χ4n) is 4.66. The number of carbonyl (C=O) groups is 2. The minimum atomic E-state index is -0.562. The van der Waals surface area contributed by atoms with Crippen molar-refractivity contribution in [2.45, 2.75) is 0 Å². The molecule has 0 saturated heterocycles. The van der Waals surface area contributed by atoms with Gasteiger partial charge in [0.1, 0.15) is 5.82 Å². The van der Waals surface area contributed by atoms with Gasteiger partial charge in [0.2, 0.25) is 0 Å². The van der Waals surface area contributed by atoms with Crippen molar-refractivity contribution in [1.82, 2.24) is 14.1 Å². The molecular formula is C28H15Cl4N3O2. The fourth-order valence-corrected chi connectivity index (χ4v) is 5.68. The van der Waals surface area contributed by atoms with E-state index in [1.807, 2.05) is 82.9 Å². The van der Waals surface area contributed by atoms with Gasteiger partial charge in [-0.1, -0.05) is 94.9 Å². The Bertz CT molecular complexity index is 1750. The van der Waals surface area contributed by atoms with Gasteiger partial charge in [0.25, 0.3) is 0 Å². The van der Waals surface area contributed by atoms with Crippen LogP contribution in [0.15, 0.2) is 72.3 Å². The van der Waals surface area contributed by atoms with E-state index < -0.39 is 11.6 Å². The maximum Gasteiger partial charge on any atom is 0.199 e. The fraction of sp³-hybridized carbons (Fsp3) is 0.0357. The summed E-state index contributed by atoms with van der Waals surface area (Å²) in [5.41, 5.74) is 3.72. The molecule has 0 fully saturated rings. The summed E-state index contributed by atoms with van der Waals surface area (Å²) in [6.07, 6.45) is 1.54. The van der Waals surface area contributed by atoms with Gasteiger partial charge in [-0.15, -0.1) is 0 Å². The van der Waals surface area contributed by atoms with Crippen molar-refractivity contribution in [3.05, 3.63) is 109 Å². The molecule has 6 rings (SSSR count). The largest absolute Gasteiger partial charge is 0.326 e. The third-order valence-corrected chi connectivity index (χ3v) is 8.23. The van der Waals surface area contributed by atoms with E-state index in [1.165, 1.54) is 6.08 Å². The van der Waals surface area contributed by atoms with Crippen LogP contribution in [0.3, 0.4) is 0 Å². The number of ketones is 2. The summed E-state index contributed by atoms with van der Waals surface area (Å²) in [6.45, 7) is 0. The molecule has 9 heteroatoms. The monoisotopic (exact) mass is 565 g/mol.